The van der Waals surface area contributed by atoms with Crippen molar-refractivity contribution in [1.29, 1.82) is 5.26 Å². The molecule has 0 spiro atoms. The molecule has 0 N–H and O–H groups in total. The van der Waals surface area contributed by atoms with Crippen LogP contribution in [0.25, 0.3) is 10.2 Å². The van der Waals surface area contributed by atoms with Gasteiger partial charge in [0.05, 0.1) is 16.7 Å². The molecule has 28 heavy (non-hydrogen) atoms. The van der Waals surface area contributed by atoms with E-state index in [9.17, 15) is 10.1 Å². The van der Waals surface area contributed by atoms with Crippen LogP contribution in [-0.4, -0.2) is 14.8 Å². The topological polar surface area (TPSA) is 58.7 Å². The van der Waals surface area contributed by atoms with Crippen LogP contribution in [0.15, 0.2) is 40.3 Å². The second kappa shape index (κ2) is 8.10. The number of nitriles is 1. The number of aromatic nitrogens is 2. The summed E-state index contributed by atoms with van der Waals surface area (Å²) in [5.41, 5.74) is 2.47. The van der Waals surface area contributed by atoms with Crippen LogP contribution in [0.4, 0.5) is 0 Å². The third-order valence-corrected chi connectivity index (χ3v) is 7.44. The number of fused-ring (bicyclic) bond motifs is 3. The molecule has 0 unspecified atom stereocenters. The molecule has 0 aliphatic heterocycles. The van der Waals surface area contributed by atoms with Crippen LogP contribution in [0.5, 0.6) is 0 Å². The van der Waals surface area contributed by atoms with Gasteiger partial charge in [0.2, 0.25) is 0 Å². The molecule has 0 saturated heterocycles. The minimum Gasteiger partial charge on any atom is -0.287 e. The fraction of sp³-hybridized carbons (Fsp3) is 0.409. The average molecular weight is 410 g/mol. The number of hydrogen-bond donors (Lipinski definition) is 0. The largest absolute Gasteiger partial charge is 0.287 e. The first-order valence-electron chi connectivity index (χ1n) is 9.72. The molecule has 6 heteroatoms. The van der Waals surface area contributed by atoms with Gasteiger partial charge in [-0.05, 0) is 49.7 Å². The predicted octanol–water partition coefficient (Wildman–Crippen LogP) is 4.83. The van der Waals surface area contributed by atoms with E-state index in [1.807, 2.05) is 25.1 Å². The van der Waals surface area contributed by atoms with Crippen LogP contribution in [-0.2, 0) is 25.8 Å². The zero-order valence-electron chi connectivity index (χ0n) is 16.1. The summed E-state index contributed by atoms with van der Waals surface area (Å²) < 4.78 is 1.79. The van der Waals surface area contributed by atoms with Crippen molar-refractivity contribution in [2.75, 3.05) is 0 Å². The summed E-state index contributed by atoms with van der Waals surface area (Å²) in [7, 11) is 0. The second-order valence-electron chi connectivity index (χ2n) is 7.51. The van der Waals surface area contributed by atoms with Crippen molar-refractivity contribution in [1.82, 2.24) is 9.55 Å². The summed E-state index contributed by atoms with van der Waals surface area (Å²) in [5.74, 6) is 0.660. The summed E-state index contributed by atoms with van der Waals surface area (Å²) in [6.07, 6.45) is 3.90. The van der Waals surface area contributed by atoms with E-state index in [1.54, 1.807) is 15.9 Å². The van der Waals surface area contributed by atoms with E-state index in [-0.39, 0.29) is 10.8 Å². The Morgan fingerprint density at radius 2 is 2.18 bits per heavy atom. The summed E-state index contributed by atoms with van der Waals surface area (Å²) in [6.45, 7) is 4.70. The van der Waals surface area contributed by atoms with Crippen molar-refractivity contribution in [2.45, 2.75) is 56.5 Å². The highest BCUT2D eigenvalue weighted by atomic mass is 32.2. The minimum absolute atomic E-state index is 0.0561. The summed E-state index contributed by atoms with van der Waals surface area (Å²) in [6, 6.07) is 12.4. The van der Waals surface area contributed by atoms with Gasteiger partial charge >= 0.3 is 0 Å². The van der Waals surface area contributed by atoms with Crippen LogP contribution < -0.4 is 5.56 Å². The number of nitrogens with zero attached hydrogens (tertiary/aromatic N) is 3. The molecule has 4 nitrogen and oxygen atoms in total. The van der Waals surface area contributed by atoms with E-state index >= 15 is 0 Å². The first kappa shape index (κ1) is 19.2. The third-order valence-electron chi connectivity index (χ3n) is 5.31. The highest BCUT2D eigenvalue weighted by molar-refractivity contribution is 8.00. The Morgan fingerprint density at radius 3 is 2.93 bits per heavy atom. The van der Waals surface area contributed by atoms with E-state index in [2.05, 4.69) is 25.1 Å². The molecule has 3 aromatic rings. The number of benzene rings is 1. The lowest BCUT2D eigenvalue weighted by atomic mass is 9.89. The molecule has 1 aliphatic rings. The Kier molecular flexibility index (Phi) is 5.56. The maximum Gasteiger partial charge on any atom is 0.263 e. The normalized spacial score (nSPS) is 17.2. The van der Waals surface area contributed by atoms with Gasteiger partial charge in [0.15, 0.2) is 5.16 Å². The Bertz CT molecular complexity index is 1090. The Balaban J connectivity index is 1.80. The molecular formula is C22H23N3OS2. The number of thiophene rings is 1. The van der Waals surface area contributed by atoms with E-state index in [0.717, 1.165) is 35.9 Å². The lowest BCUT2D eigenvalue weighted by Crippen LogP contribution is -2.25. The Morgan fingerprint density at radius 1 is 1.39 bits per heavy atom. The Hall–Kier alpha value is -2.10. The van der Waals surface area contributed by atoms with Crippen LogP contribution in [0.3, 0.4) is 0 Å². The second-order valence-corrected chi connectivity index (χ2v) is 9.90. The van der Waals surface area contributed by atoms with Gasteiger partial charge in [0, 0.05) is 11.4 Å². The smallest absolute Gasteiger partial charge is 0.263 e. The van der Waals surface area contributed by atoms with Crippen molar-refractivity contribution < 1.29 is 0 Å². The quantitative estimate of drug-likeness (QED) is 0.447. The van der Waals surface area contributed by atoms with Crippen molar-refractivity contribution in [3.8, 4) is 6.07 Å². The SMILES string of the molecule is C[C@H]1CCc2c(sc3nc(S[C@@H](C)C#N)n(CCc4ccccc4)c(=O)c23)C1. The van der Waals surface area contributed by atoms with E-state index in [1.165, 1.54) is 27.8 Å². The molecule has 2 heterocycles. The van der Waals surface area contributed by atoms with Gasteiger partial charge in [0.25, 0.3) is 5.56 Å². The average Bonchev–Trinajstić information content (AvgIpc) is 3.05. The van der Waals surface area contributed by atoms with Crippen molar-refractivity contribution in [3.63, 3.8) is 0 Å². The fourth-order valence-electron chi connectivity index (χ4n) is 3.76. The fourth-order valence-corrected chi connectivity index (χ4v) is 6.01. The maximum atomic E-state index is 13.5. The minimum atomic E-state index is -0.248. The van der Waals surface area contributed by atoms with Gasteiger partial charge in [-0.3, -0.25) is 9.36 Å². The van der Waals surface area contributed by atoms with E-state index in [0.29, 0.717) is 17.6 Å². The Labute approximate surface area is 173 Å². The first-order chi connectivity index (χ1) is 13.6. The van der Waals surface area contributed by atoms with E-state index < -0.39 is 0 Å². The zero-order valence-corrected chi connectivity index (χ0v) is 17.8. The lowest BCUT2D eigenvalue weighted by molar-refractivity contribution is 0.508. The molecule has 1 aromatic carbocycles. The molecule has 0 fully saturated rings. The van der Waals surface area contributed by atoms with Crippen LogP contribution in [0.2, 0.25) is 0 Å². The van der Waals surface area contributed by atoms with Gasteiger partial charge < -0.3 is 0 Å². The molecule has 0 radical (unpaired) electrons. The lowest BCUT2D eigenvalue weighted by Gasteiger charge is -2.18. The van der Waals surface area contributed by atoms with Crippen LogP contribution >= 0.6 is 23.1 Å². The van der Waals surface area contributed by atoms with Crippen molar-refractivity contribution in [2.24, 2.45) is 5.92 Å². The molecule has 0 bridgehead atoms. The predicted molar refractivity (Wildman–Crippen MR) is 116 cm³/mol. The molecule has 1 aliphatic carbocycles. The van der Waals surface area contributed by atoms with Gasteiger partial charge in [-0.15, -0.1) is 11.3 Å². The highest BCUT2D eigenvalue weighted by Gasteiger charge is 2.25. The number of hydrogen-bond acceptors (Lipinski definition) is 5. The summed E-state index contributed by atoms with van der Waals surface area (Å²) in [5, 5.41) is 10.5. The maximum absolute atomic E-state index is 13.5. The monoisotopic (exact) mass is 409 g/mol. The van der Waals surface area contributed by atoms with Gasteiger partial charge in [-0.25, -0.2) is 4.98 Å². The summed E-state index contributed by atoms with van der Waals surface area (Å²) in [4.78, 5) is 20.5. The molecule has 2 atom stereocenters. The summed E-state index contributed by atoms with van der Waals surface area (Å²) >= 11 is 3.05. The van der Waals surface area contributed by atoms with Crippen LogP contribution in [0.1, 0.15) is 36.3 Å². The first-order valence-corrected chi connectivity index (χ1v) is 11.4. The third kappa shape index (κ3) is 3.74. The molecule has 0 saturated carbocycles. The number of thioether (sulfide) groups is 1. The molecule has 0 amide bonds. The van der Waals surface area contributed by atoms with Gasteiger partial charge in [-0.2, -0.15) is 5.26 Å². The van der Waals surface area contributed by atoms with Crippen molar-refractivity contribution in [3.05, 3.63) is 56.7 Å². The molecule has 2 aromatic heterocycles. The van der Waals surface area contributed by atoms with Gasteiger partial charge in [0.1, 0.15) is 4.83 Å². The molecular weight excluding hydrogens is 386 g/mol. The highest BCUT2D eigenvalue weighted by Crippen LogP contribution is 2.36. The standard InChI is InChI=1S/C22H23N3OS2/c1-14-8-9-17-18(12-14)28-20-19(17)21(26)25(22(24-20)27-15(2)13-23)11-10-16-6-4-3-5-7-16/h3-7,14-15H,8-12H2,1-2H3/t14-,15-/m0/s1. The number of aryl methyl sites for hydroxylation is 2. The van der Waals surface area contributed by atoms with E-state index in [4.69, 9.17) is 4.98 Å². The van der Waals surface area contributed by atoms with Crippen molar-refractivity contribution >= 4 is 33.3 Å². The molecule has 144 valence electrons. The zero-order chi connectivity index (χ0) is 19.7. The van der Waals surface area contributed by atoms with Crippen LogP contribution in [0, 0.1) is 17.2 Å². The number of rotatable bonds is 5. The molecule has 4 rings (SSSR count). The van der Waals surface area contributed by atoms with Gasteiger partial charge in [-0.1, -0.05) is 49.0 Å².